The molecule has 0 bridgehead atoms. The average molecular weight is 466 g/mol. The van der Waals surface area contributed by atoms with Crippen LogP contribution in [0.5, 0.6) is 0 Å². The third kappa shape index (κ3) is 6.78. The van der Waals surface area contributed by atoms with E-state index < -0.39 is 10.0 Å². The third-order valence-corrected chi connectivity index (χ3v) is 5.92. The minimum Gasteiger partial charge on any atom is -0.336 e. The molecule has 1 saturated heterocycles. The predicted octanol–water partition coefficient (Wildman–Crippen LogP) is 3.60. The van der Waals surface area contributed by atoms with Gasteiger partial charge in [-0.2, -0.15) is 0 Å². The van der Waals surface area contributed by atoms with Crippen LogP contribution in [0.15, 0.2) is 48.5 Å². The van der Waals surface area contributed by atoms with Crippen LogP contribution in [0.2, 0.25) is 5.02 Å². The Kier molecular flexibility index (Phi) is 7.35. The quantitative estimate of drug-likeness (QED) is 0.662. The largest absolute Gasteiger partial charge is 0.336 e. The minimum absolute atomic E-state index is 0.145. The molecule has 0 spiro atoms. The van der Waals surface area contributed by atoms with Gasteiger partial charge < -0.3 is 4.90 Å². The number of nitrogens with zero attached hydrogens (tertiary/aromatic N) is 2. The Hall–Kier alpha value is -2.42. The summed E-state index contributed by atoms with van der Waals surface area (Å²) in [6.07, 6.45) is 4.08. The van der Waals surface area contributed by atoms with Gasteiger partial charge >= 0.3 is 0 Å². The highest BCUT2D eigenvalue weighted by Gasteiger charge is 2.25. The molecule has 0 aliphatic carbocycles. The van der Waals surface area contributed by atoms with Crippen LogP contribution >= 0.6 is 11.6 Å². The second-order valence-corrected chi connectivity index (χ2v) is 9.85. The molecule has 9 heteroatoms. The maximum atomic E-state index is 13.1. The average Bonchev–Trinajstić information content (AvgIpc) is 2.69. The second-order valence-electron chi connectivity index (χ2n) is 7.67. The van der Waals surface area contributed by atoms with Crippen LogP contribution in [-0.4, -0.2) is 56.1 Å². The molecule has 0 aromatic heterocycles. The van der Waals surface area contributed by atoms with Gasteiger partial charge in [0.25, 0.3) is 0 Å². The Morgan fingerprint density at radius 3 is 2.58 bits per heavy atom. The molecule has 0 radical (unpaired) electrons. The first-order chi connectivity index (χ1) is 14.6. The number of carbonyl (C=O) groups is 1. The molecular weight excluding hydrogens is 441 g/mol. The van der Waals surface area contributed by atoms with E-state index in [4.69, 9.17) is 11.6 Å². The zero-order valence-corrected chi connectivity index (χ0v) is 19.0. The lowest BCUT2D eigenvalue weighted by Gasteiger charge is -2.39. The summed E-state index contributed by atoms with van der Waals surface area (Å²) in [5.41, 5.74) is 1.89. The highest BCUT2D eigenvalue weighted by atomic mass is 35.5. The smallest absolute Gasteiger partial charge is 0.246 e. The number of nitrogens with one attached hydrogen (secondary N) is 1. The van der Waals surface area contributed by atoms with Gasteiger partial charge in [0.1, 0.15) is 5.82 Å². The van der Waals surface area contributed by atoms with E-state index in [1.54, 1.807) is 35.2 Å². The van der Waals surface area contributed by atoms with E-state index in [9.17, 15) is 17.6 Å². The van der Waals surface area contributed by atoms with Crippen molar-refractivity contribution in [2.45, 2.75) is 19.5 Å². The number of halogens is 2. The fraction of sp³-hybridized carbons (Fsp3) is 0.318. The zero-order chi connectivity index (χ0) is 22.6. The Labute approximate surface area is 187 Å². The maximum Gasteiger partial charge on any atom is 0.246 e. The molecule has 1 fully saturated rings. The second kappa shape index (κ2) is 9.80. The molecule has 1 heterocycles. The monoisotopic (exact) mass is 465 g/mol. The van der Waals surface area contributed by atoms with E-state index in [1.165, 1.54) is 24.3 Å². The van der Waals surface area contributed by atoms with Crippen LogP contribution in [0.1, 0.15) is 18.1 Å². The van der Waals surface area contributed by atoms with Crippen molar-refractivity contribution in [3.63, 3.8) is 0 Å². The number of sulfonamides is 1. The van der Waals surface area contributed by atoms with Gasteiger partial charge in [-0.1, -0.05) is 29.8 Å². The molecule has 1 aliphatic rings. The molecule has 166 valence electrons. The van der Waals surface area contributed by atoms with Gasteiger partial charge in [0.05, 0.1) is 11.9 Å². The van der Waals surface area contributed by atoms with Crippen LogP contribution in [0, 0.1) is 5.82 Å². The normalized spacial score (nSPS) is 17.8. The Bertz CT molecular complexity index is 1070. The molecule has 2 aromatic rings. The van der Waals surface area contributed by atoms with Crippen molar-refractivity contribution in [3.8, 4) is 0 Å². The number of rotatable bonds is 6. The molecule has 2 aromatic carbocycles. The maximum absolute atomic E-state index is 13.1. The number of piperazine rings is 1. The molecule has 3 rings (SSSR count). The van der Waals surface area contributed by atoms with Gasteiger partial charge in [0.15, 0.2) is 0 Å². The standard InChI is InChI=1S/C22H25ClFN3O3S/c1-16-14-27(12-11-26(16)15-17-3-8-20(24)9-4-17)22(28)10-6-18-5-7-19(23)13-21(18)25-31(2,29)30/h3-10,13,16,25H,11-12,14-15H2,1-2H3/b10-6+/t16-/m0/s1. The SMILES string of the molecule is C[C@H]1CN(C(=O)/C=C/c2ccc(Cl)cc2NS(C)(=O)=O)CCN1Cc1ccc(F)cc1. The molecule has 1 amide bonds. The minimum atomic E-state index is -3.48. The molecular formula is C22H25ClFN3O3S. The molecule has 1 aliphatic heterocycles. The molecule has 0 unspecified atom stereocenters. The van der Waals surface area contributed by atoms with Gasteiger partial charge in [-0.15, -0.1) is 0 Å². The topological polar surface area (TPSA) is 69.7 Å². The summed E-state index contributed by atoms with van der Waals surface area (Å²) in [6, 6.07) is 11.4. The number of anilines is 1. The van der Waals surface area contributed by atoms with Gasteiger partial charge in [-0.3, -0.25) is 14.4 Å². The van der Waals surface area contributed by atoms with Crippen molar-refractivity contribution in [2.24, 2.45) is 0 Å². The van der Waals surface area contributed by atoms with Crippen LogP contribution in [0.4, 0.5) is 10.1 Å². The van der Waals surface area contributed by atoms with Crippen molar-refractivity contribution in [2.75, 3.05) is 30.6 Å². The Morgan fingerprint density at radius 1 is 1.23 bits per heavy atom. The predicted molar refractivity (Wildman–Crippen MR) is 122 cm³/mol. The molecule has 1 N–H and O–H groups in total. The summed E-state index contributed by atoms with van der Waals surface area (Å²) in [5.74, 6) is -0.400. The van der Waals surface area contributed by atoms with E-state index in [0.717, 1.165) is 11.8 Å². The van der Waals surface area contributed by atoms with Gasteiger partial charge in [-0.05, 0) is 48.4 Å². The first kappa shape index (κ1) is 23.2. The van der Waals surface area contributed by atoms with Crippen molar-refractivity contribution in [1.82, 2.24) is 9.80 Å². The van der Waals surface area contributed by atoms with Gasteiger partial charge in [0.2, 0.25) is 15.9 Å². The lowest BCUT2D eigenvalue weighted by Crippen LogP contribution is -2.52. The third-order valence-electron chi connectivity index (χ3n) is 5.09. The summed E-state index contributed by atoms with van der Waals surface area (Å²) in [5, 5.41) is 0.390. The van der Waals surface area contributed by atoms with E-state index in [2.05, 4.69) is 16.5 Å². The van der Waals surface area contributed by atoms with Crippen molar-refractivity contribution in [1.29, 1.82) is 0 Å². The number of hydrogen-bond acceptors (Lipinski definition) is 4. The van der Waals surface area contributed by atoms with Crippen LogP contribution in [-0.2, 0) is 21.4 Å². The van der Waals surface area contributed by atoms with Crippen molar-refractivity contribution >= 4 is 39.3 Å². The number of hydrogen-bond donors (Lipinski definition) is 1. The van der Waals surface area contributed by atoms with E-state index in [1.807, 2.05) is 0 Å². The molecule has 0 saturated carbocycles. The summed E-state index contributed by atoms with van der Waals surface area (Å²) >= 11 is 5.97. The number of amides is 1. The summed E-state index contributed by atoms with van der Waals surface area (Å²) in [4.78, 5) is 16.7. The van der Waals surface area contributed by atoms with Crippen molar-refractivity contribution in [3.05, 3.63) is 70.5 Å². The fourth-order valence-corrected chi connectivity index (χ4v) is 4.23. The first-order valence-electron chi connectivity index (χ1n) is 9.83. The van der Waals surface area contributed by atoms with E-state index in [0.29, 0.717) is 42.5 Å². The van der Waals surface area contributed by atoms with Crippen LogP contribution < -0.4 is 4.72 Å². The van der Waals surface area contributed by atoms with Crippen molar-refractivity contribution < 1.29 is 17.6 Å². The highest BCUT2D eigenvalue weighted by molar-refractivity contribution is 7.92. The van der Waals surface area contributed by atoms with E-state index >= 15 is 0 Å². The van der Waals surface area contributed by atoms with Gasteiger partial charge in [-0.25, -0.2) is 12.8 Å². The van der Waals surface area contributed by atoms with Crippen LogP contribution in [0.25, 0.3) is 6.08 Å². The fourth-order valence-electron chi connectivity index (χ4n) is 3.48. The number of carbonyl (C=O) groups excluding carboxylic acids is 1. The highest BCUT2D eigenvalue weighted by Crippen LogP contribution is 2.23. The first-order valence-corrected chi connectivity index (χ1v) is 12.1. The molecule has 31 heavy (non-hydrogen) atoms. The summed E-state index contributed by atoms with van der Waals surface area (Å²) in [6.45, 7) is 4.60. The van der Waals surface area contributed by atoms with Crippen LogP contribution in [0.3, 0.4) is 0 Å². The number of benzene rings is 2. The molecule has 1 atom stereocenters. The van der Waals surface area contributed by atoms with Gasteiger partial charge in [0, 0.05) is 43.3 Å². The van der Waals surface area contributed by atoms with E-state index in [-0.39, 0.29) is 17.8 Å². The lowest BCUT2D eigenvalue weighted by atomic mass is 10.1. The zero-order valence-electron chi connectivity index (χ0n) is 17.4. The summed E-state index contributed by atoms with van der Waals surface area (Å²) < 4.78 is 38.7. The molecule has 6 nitrogen and oxygen atoms in total. The summed E-state index contributed by atoms with van der Waals surface area (Å²) in [7, 11) is -3.48. The Morgan fingerprint density at radius 2 is 1.94 bits per heavy atom. The Balaban J connectivity index is 1.63. The lowest BCUT2D eigenvalue weighted by molar-refractivity contribution is -0.128.